The number of nitrogens with one attached hydrogen (secondary N) is 1. The van der Waals surface area contributed by atoms with Gasteiger partial charge in [0, 0.05) is 49.9 Å². The molecule has 1 N–H and O–H groups in total. The highest BCUT2D eigenvalue weighted by molar-refractivity contribution is 7.14. The van der Waals surface area contributed by atoms with E-state index in [0.29, 0.717) is 16.9 Å². The molecule has 0 spiro atoms. The SMILES string of the molecule is CN1CCN(CCCOc2cccc(CC(=O)Nc3nc(-c4ccnc(Cl)c4)cs3)c2)CC1. The van der Waals surface area contributed by atoms with Crippen molar-refractivity contribution in [3.05, 3.63) is 58.7 Å². The number of halogens is 1. The van der Waals surface area contributed by atoms with E-state index in [9.17, 15) is 4.79 Å². The molecule has 0 aliphatic carbocycles. The number of thiazole rings is 1. The molecule has 1 amide bonds. The summed E-state index contributed by atoms with van der Waals surface area (Å²) in [6.07, 6.45) is 2.88. The molecule has 0 bridgehead atoms. The third-order valence-corrected chi connectivity index (χ3v) is 6.48. The van der Waals surface area contributed by atoms with Gasteiger partial charge in [-0.2, -0.15) is 0 Å². The van der Waals surface area contributed by atoms with Gasteiger partial charge in [0.25, 0.3) is 0 Å². The van der Waals surface area contributed by atoms with Crippen molar-refractivity contribution < 1.29 is 9.53 Å². The number of carbonyl (C=O) groups is 1. The smallest absolute Gasteiger partial charge is 0.230 e. The van der Waals surface area contributed by atoms with E-state index in [1.54, 1.807) is 12.3 Å². The van der Waals surface area contributed by atoms with Crippen LogP contribution >= 0.6 is 22.9 Å². The Balaban J connectivity index is 1.23. The first-order valence-corrected chi connectivity index (χ1v) is 12.3. The van der Waals surface area contributed by atoms with Crippen molar-refractivity contribution in [3.8, 4) is 17.0 Å². The maximum atomic E-state index is 12.5. The molecule has 0 saturated carbocycles. The normalized spacial score (nSPS) is 14.8. The van der Waals surface area contributed by atoms with Crippen molar-refractivity contribution in [3.63, 3.8) is 0 Å². The number of aromatic nitrogens is 2. The lowest BCUT2D eigenvalue weighted by Crippen LogP contribution is -2.44. The minimum Gasteiger partial charge on any atom is -0.494 e. The van der Waals surface area contributed by atoms with Gasteiger partial charge in [0.05, 0.1) is 18.7 Å². The molecular weight excluding hydrogens is 458 g/mol. The average molecular weight is 486 g/mol. The topological polar surface area (TPSA) is 70.6 Å². The lowest BCUT2D eigenvalue weighted by atomic mass is 10.1. The van der Waals surface area contributed by atoms with E-state index in [-0.39, 0.29) is 12.3 Å². The summed E-state index contributed by atoms with van der Waals surface area (Å²) in [4.78, 5) is 25.8. The molecule has 7 nitrogen and oxygen atoms in total. The summed E-state index contributed by atoms with van der Waals surface area (Å²) in [5.41, 5.74) is 2.53. The maximum Gasteiger partial charge on any atom is 0.230 e. The molecule has 0 unspecified atom stereocenters. The van der Waals surface area contributed by atoms with Crippen molar-refractivity contribution in [1.29, 1.82) is 0 Å². The van der Waals surface area contributed by atoms with Crippen LogP contribution in [0.25, 0.3) is 11.3 Å². The molecule has 3 aromatic rings. The maximum absolute atomic E-state index is 12.5. The zero-order valence-electron chi connectivity index (χ0n) is 18.7. The van der Waals surface area contributed by atoms with Crippen LogP contribution in [0.1, 0.15) is 12.0 Å². The van der Waals surface area contributed by atoms with E-state index in [1.165, 1.54) is 11.3 Å². The number of hydrogen-bond donors (Lipinski definition) is 1. The van der Waals surface area contributed by atoms with E-state index in [2.05, 4.69) is 32.1 Å². The Morgan fingerprint density at radius 3 is 2.88 bits per heavy atom. The number of amides is 1. The largest absolute Gasteiger partial charge is 0.494 e. The summed E-state index contributed by atoms with van der Waals surface area (Å²) in [7, 11) is 2.17. The first-order valence-electron chi connectivity index (χ1n) is 11.0. The Hall–Kier alpha value is -2.52. The van der Waals surface area contributed by atoms with Crippen molar-refractivity contribution in [2.45, 2.75) is 12.8 Å². The van der Waals surface area contributed by atoms with Crippen molar-refractivity contribution in [1.82, 2.24) is 19.8 Å². The highest BCUT2D eigenvalue weighted by atomic mass is 35.5. The number of anilines is 1. The Morgan fingerprint density at radius 2 is 2.06 bits per heavy atom. The Bertz CT molecular complexity index is 1070. The highest BCUT2D eigenvalue weighted by Crippen LogP contribution is 2.26. The second kappa shape index (κ2) is 11.6. The van der Waals surface area contributed by atoms with Gasteiger partial charge in [0.1, 0.15) is 10.9 Å². The van der Waals surface area contributed by atoms with Crippen LogP contribution in [0.4, 0.5) is 5.13 Å². The molecule has 33 heavy (non-hydrogen) atoms. The number of piperazine rings is 1. The van der Waals surface area contributed by atoms with Gasteiger partial charge in [-0.3, -0.25) is 4.79 Å². The van der Waals surface area contributed by atoms with Gasteiger partial charge in [-0.15, -0.1) is 11.3 Å². The second-order valence-corrected chi connectivity index (χ2v) is 9.37. The molecule has 174 valence electrons. The van der Waals surface area contributed by atoms with Gasteiger partial charge < -0.3 is 19.9 Å². The zero-order valence-corrected chi connectivity index (χ0v) is 20.2. The van der Waals surface area contributed by atoms with Crippen LogP contribution in [0.15, 0.2) is 48.0 Å². The summed E-state index contributed by atoms with van der Waals surface area (Å²) in [5.74, 6) is 0.681. The molecule has 4 rings (SSSR count). The van der Waals surface area contributed by atoms with Crippen LogP contribution < -0.4 is 10.1 Å². The summed E-state index contributed by atoms with van der Waals surface area (Å²) in [5, 5.41) is 5.73. The van der Waals surface area contributed by atoms with E-state index < -0.39 is 0 Å². The van der Waals surface area contributed by atoms with Crippen LogP contribution in [-0.4, -0.2) is 72.1 Å². The number of pyridine rings is 1. The number of likely N-dealkylation sites (N-methyl/N-ethyl adjacent to an activating group) is 1. The summed E-state index contributed by atoms with van der Waals surface area (Å²) >= 11 is 7.33. The molecular formula is C24H28ClN5O2S. The fraction of sp³-hybridized carbons (Fsp3) is 0.375. The Labute approximate surface area is 203 Å². The van der Waals surface area contributed by atoms with E-state index in [4.69, 9.17) is 16.3 Å². The van der Waals surface area contributed by atoms with Gasteiger partial charge in [0.2, 0.25) is 5.91 Å². The Kier molecular flexibility index (Phi) is 8.28. The number of hydrogen-bond acceptors (Lipinski definition) is 7. The fourth-order valence-electron chi connectivity index (χ4n) is 3.67. The number of carbonyl (C=O) groups excluding carboxylic acids is 1. The lowest BCUT2D eigenvalue weighted by Gasteiger charge is -2.32. The first-order chi connectivity index (χ1) is 16.0. The Morgan fingerprint density at radius 1 is 1.21 bits per heavy atom. The molecule has 2 aromatic heterocycles. The zero-order chi connectivity index (χ0) is 23.0. The molecule has 0 atom stereocenters. The van der Waals surface area contributed by atoms with E-state index in [0.717, 1.165) is 61.7 Å². The van der Waals surface area contributed by atoms with E-state index in [1.807, 2.05) is 35.7 Å². The summed E-state index contributed by atoms with van der Waals surface area (Å²) in [6.45, 7) is 6.23. The molecule has 1 aliphatic heterocycles. The van der Waals surface area contributed by atoms with Crippen LogP contribution in [0.3, 0.4) is 0 Å². The molecule has 0 radical (unpaired) electrons. The molecule has 1 fully saturated rings. The van der Waals surface area contributed by atoms with Crippen molar-refractivity contribution in [2.75, 3.05) is 51.7 Å². The van der Waals surface area contributed by atoms with Crippen LogP contribution in [0.2, 0.25) is 5.15 Å². The number of benzene rings is 1. The van der Waals surface area contributed by atoms with Crippen LogP contribution in [0, 0.1) is 0 Å². The summed E-state index contributed by atoms with van der Waals surface area (Å²) < 4.78 is 5.93. The highest BCUT2D eigenvalue weighted by Gasteiger charge is 2.13. The first kappa shape index (κ1) is 23.6. The predicted molar refractivity (Wildman–Crippen MR) is 133 cm³/mol. The summed E-state index contributed by atoms with van der Waals surface area (Å²) in [6, 6.07) is 11.3. The monoisotopic (exact) mass is 485 g/mol. The average Bonchev–Trinajstić information content (AvgIpc) is 3.26. The lowest BCUT2D eigenvalue weighted by molar-refractivity contribution is -0.115. The minimum atomic E-state index is -0.115. The van der Waals surface area contributed by atoms with Crippen LogP contribution in [0.5, 0.6) is 5.75 Å². The van der Waals surface area contributed by atoms with Crippen LogP contribution in [-0.2, 0) is 11.2 Å². The van der Waals surface area contributed by atoms with Gasteiger partial charge in [-0.05, 0) is 43.3 Å². The molecule has 1 aliphatic rings. The van der Waals surface area contributed by atoms with Gasteiger partial charge >= 0.3 is 0 Å². The molecule has 1 saturated heterocycles. The number of rotatable bonds is 9. The van der Waals surface area contributed by atoms with Gasteiger partial charge in [0.15, 0.2) is 5.13 Å². The van der Waals surface area contributed by atoms with Gasteiger partial charge in [-0.25, -0.2) is 9.97 Å². The predicted octanol–water partition coefficient (Wildman–Crippen LogP) is 4.06. The fourth-order valence-corrected chi connectivity index (χ4v) is 4.58. The standard InChI is InChI=1S/C24H28ClN5O2S/c1-29-9-11-30(12-10-29)8-3-13-32-20-5-2-4-18(14-20)15-23(31)28-24-27-21(17-33-24)19-6-7-26-22(25)16-19/h2,4-7,14,16-17H,3,8-13,15H2,1H3,(H,27,28,31). The van der Waals surface area contributed by atoms with Crippen molar-refractivity contribution in [2.24, 2.45) is 0 Å². The third kappa shape index (κ3) is 7.23. The third-order valence-electron chi connectivity index (χ3n) is 5.52. The quantitative estimate of drug-likeness (QED) is 0.364. The van der Waals surface area contributed by atoms with E-state index >= 15 is 0 Å². The van der Waals surface area contributed by atoms with Gasteiger partial charge in [-0.1, -0.05) is 23.7 Å². The molecule has 3 heterocycles. The minimum absolute atomic E-state index is 0.115. The number of ether oxygens (including phenoxy) is 1. The molecule has 9 heteroatoms. The number of nitrogens with zero attached hydrogens (tertiary/aromatic N) is 4. The second-order valence-electron chi connectivity index (χ2n) is 8.12. The molecule has 1 aromatic carbocycles. The van der Waals surface area contributed by atoms with Crippen molar-refractivity contribution >= 4 is 34.0 Å².